The van der Waals surface area contributed by atoms with Gasteiger partial charge in [-0.05, 0) is 48.8 Å². The first-order chi connectivity index (χ1) is 11.5. The van der Waals surface area contributed by atoms with Crippen LogP contribution in [0.4, 0.5) is 18.3 Å². The smallest absolute Gasteiger partial charge is 0.302 e. The van der Waals surface area contributed by atoms with E-state index in [9.17, 15) is 18.0 Å². The minimum absolute atomic E-state index is 0.0866. The maximum Gasteiger partial charge on any atom is 0.416 e. The molecule has 3 rings (SSSR count). The molecule has 25 heavy (non-hydrogen) atoms. The number of anilines is 1. The Labute approximate surface area is 148 Å². The molecule has 0 spiro atoms. The Kier molecular flexibility index (Phi) is 4.56. The Bertz CT molecular complexity index is 797. The number of thiazole rings is 1. The van der Waals surface area contributed by atoms with Crippen LogP contribution < -0.4 is 5.32 Å². The van der Waals surface area contributed by atoms with Gasteiger partial charge in [-0.3, -0.25) is 4.79 Å². The Morgan fingerprint density at radius 2 is 2.04 bits per heavy atom. The lowest BCUT2D eigenvalue weighted by Gasteiger charge is -2.38. The van der Waals surface area contributed by atoms with E-state index in [1.54, 1.807) is 0 Å². The van der Waals surface area contributed by atoms with Crippen LogP contribution in [-0.2, 0) is 11.0 Å². The van der Waals surface area contributed by atoms with Gasteiger partial charge in [-0.25, -0.2) is 4.98 Å². The van der Waals surface area contributed by atoms with Crippen molar-refractivity contribution in [2.45, 2.75) is 46.2 Å². The van der Waals surface area contributed by atoms with Gasteiger partial charge in [-0.2, -0.15) is 13.2 Å². The molecule has 1 aliphatic carbocycles. The Morgan fingerprint density at radius 1 is 1.32 bits per heavy atom. The summed E-state index contributed by atoms with van der Waals surface area (Å²) in [6.45, 7) is 6.48. The fourth-order valence-electron chi connectivity index (χ4n) is 3.91. The van der Waals surface area contributed by atoms with Crippen LogP contribution in [0.15, 0.2) is 18.2 Å². The minimum atomic E-state index is -4.40. The van der Waals surface area contributed by atoms with Crippen molar-refractivity contribution in [2.75, 3.05) is 5.32 Å². The first kappa shape index (κ1) is 18.2. The number of carbonyl (C=O) groups is 1. The van der Waals surface area contributed by atoms with Crippen molar-refractivity contribution in [3.05, 3.63) is 23.8 Å². The number of fused-ring (bicyclic) bond motifs is 1. The molecular weight excluding hydrogens is 349 g/mol. The second kappa shape index (κ2) is 6.27. The summed E-state index contributed by atoms with van der Waals surface area (Å²) in [5, 5.41) is 3.16. The number of hydrogen-bond acceptors (Lipinski definition) is 3. The standard InChI is InChI=1S/C18H21F3N2OS/c1-10-6-11(9-17(2,3)8-10)15(24)23-16-22-13-7-12(18(19,20)21)4-5-14(13)25-16/h4-5,7,10-11H,6,8-9H2,1-3H3,(H,22,23,24). The summed E-state index contributed by atoms with van der Waals surface area (Å²) < 4.78 is 39.0. The minimum Gasteiger partial charge on any atom is -0.302 e. The van der Waals surface area contributed by atoms with Crippen molar-refractivity contribution < 1.29 is 18.0 Å². The molecule has 2 atom stereocenters. The zero-order chi connectivity index (χ0) is 18.4. The van der Waals surface area contributed by atoms with E-state index < -0.39 is 11.7 Å². The number of benzene rings is 1. The van der Waals surface area contributed by atoms with Crippen molar-refractivity contribution in [1.82, 2.24) is 4.98 Å². The van der Waals surface area contributed by atoms with Gasteiger partial charge in [0.15, 0.2) is 5.13 Å². The van der Waals surface area contributed by atoms with Gasteiger partial charge in [0.1, 0.15) is 0 Å². The molecule has 7 heteroatoms. The lowest BCUT2D eigenvalue weighted by Crippen LogP contribution is -2.34. The number of nitrogens with zero attached hydrogens (tertiary/aromatic N) is 1. The molecule has 0 aliphatic heterocycles. The summed E-state index contributed by atoms with van der Waals surface area (Å²) in [6, 6.07) is 3.46. The molecule has 0 radical (unpaired) electrons. The first-order valence-corrected chi connectivity index (χ1v) is 9.14. The summed E-state index contributed by atoms with van der Waals surface area (Å²) in [5.74, 6) is 0.301. The van der Waals surface area contributed by atoms with Crippen LogP contribution in [0.2, 0.25) is 0 Å². The molecule has 1 amide bonds. The van der Waals surface area contributed by atoms with Crippen LogP contribution in [0.5, 0.6) is 0 Å². The third-order valence-corrected chi connectivity index (χ3v) is 5.65. The highest BCUT2D eigenvalue weighted by Crippen LogP contribution is 2.42. The normalized spacial score (nSPS) is 23.6. The van der Waals surface area contributed by atoms with Gasteiger partial charge in [0, 0.05) is 5.92 Å². The summed E-state index contributed by atoms with van der Waals surface area (Å²) >= 11 is 1.20. The molecule has 0 bridgehead atoms. The number of alkyl halides is 3. The molecule has 1 aliphatic rings. The predicted octanol–water partition coefficient (Wildman–Crippen LogP) is 5.72. The van der Waals surface area contributed by atoms with Crippen molar-refractivity contribution >= 4 is 32.6 Å². The third-order valence-electron chi connectivity index (χ3n) is 4.70. The fraction of sp³-hybridized carbons (Fsp3) is 0.556. The highest BCUT2D eigenvalue weighted by molar-refractivity contribution is 7.22. The largest absolute Gasteiger partial charge is 0.416 e. The molecular formula is C18H21F3N2OS. The van der Waals surface area contributed by atoms with Gasteiger partial charge in [0.05, 0.1) is 15.8 Å². The van der Waals surface area contributed by atoms with Crippen molar-refractivity contribution in [3.8, 4) is 0 Å². The maximum atomic E-state index is 12.8. The maximum absolute atomic E-state index is 12.8. The van der Waals surface area contributed by atoms with E-state index >= 15 is 0 Å². The lowest BCUT2D eigenvalue weighted by atomic mass is 9.68. The Hall–Kier alpha value is -1.63. The van der Waals surface area contributed by atoms with Crippen LogP contribution in [0, 0.1) is 17.3 Å². The van der Waals surface area contributed by atoms with Crippen molar-refractivity contribution in [1.29, 1.82) is 0 Å². The van der Waals surface area contributed by atoms with Gasteiger partial charge in [-0.15, -0.1) is 0 Å². The molecule has 3 nitrogen and oxygen atoms in total. The number of nitrogens with one attached hydrogen (secondary N) is 1. The third kappa shape index (κ3) is 4.14. The fourth-order valence-corrected chi connectivity index (χ4v) is 4.76. The van der Waals surface area contributed by atoms with Crippen LogP contribution >= 0.6 is 11.3 Å². The zero-order valence-corrected chi connectivity index (χ0v) is 15.2. The number of carbonyl (C=O) groups excluding carboxylic acids is 1. The second-order valence-corrected chi connectivity index (χ2v) is 8.83. The average molecular weight is 370 g/mol. The van der Waals surface area contributed by atoms with E-state index in [0.29, 0.717) is 15.7 Å². The zero-order valence-electron chi connectivity index (χ0n) is 14.4. The molecule has 1 fully saturated rings. The van der Waals surface area contributed by atoms with E-state index in [1.807, 2.05) is 0 Å². The number of hydrogen-bond donors (Lipinski definition) is 1. The van der Waals surface area contributed by atoms with Gasteiger partial charge < -0.3 is 5.32 Å². The second-order valence-electron chi connectivity index (χ2n) is 7.80. The average Bonchev–Trinajstić information content (AvgIpc) is 2.85. The van der Waals surface area contributed by atoms with E-state index in [2.05, 4.69) is 31.1 Å². The van der Waals surface area contributed by atoms with Crippen molar-refractivity contribution in [2.24, 2.45) is 17.3 Å². The molecule has 2 aromatic rings. The van der Waals surface area contributed by atoms with E-state index in [-0.39, 0.29) is 22.8 Å². The quantitative estimate of drug-likeness (QED) is 0.735. The molecule has 1 N–H and O–H groups in total. The van der Waals surface area contributed by atoms with Crippen LogP contribution in [0.3, 0.4) is 0 Å². The highest BCUT2D eigenvalue weighted by atomic mass is 32.1. The summed E-state index contributed by atoms with van der Waals surface area (Å²) in [5.41, 5.74) is -0.354. The topological polar surface area (TPSA) is 42.0 Å². The number of rotatable bonds is 2. The highest BCUT2D eigenvalue weighted by Gasteiger charge is 2.36. The first-order valence-electron chi connectivity index (χ1n) is 8.32. The van der Waals surface area contributed by atoms with Gasteiger partial charge in [0.2, 0.25) is 5.91 Å². The van der Waals surface area contributed by atoms with E-state index in [0.717, 1.165) is 31.4 Å². The molecule has 2 unspecified atom stereocenters. The molecule has 1 heterocycles. The monoisotopic (exact) mass is 370 g/mol. The summed E-state index contributed by atoms with van der Waals surface area (Å²) in [7, 11) is 0. The van der Waals surface area contributed by atoms with Crippen molar-refractivity contribution in [3.63, 3.8) is 0 Å². The van der Waals surface area contributed by atoms with Gasteiger partial charge in [0.25, 0.3) is 0 Å². The summed E-state index contributed by atoms with van der Waals surface area (Å²) in [6.07, 6.45) is -1.66. The van der Waals surface area contributed by atoms with E-state index in [4.69, 9.17) is 0 Å². The van der Waals surface area contributed by atoms with Gasteiger partial charge >= 0.3 is 6.18 Å². The van der Waals surface area contributed by atoms with E-state index in [1.165, 1.54) is 17.4 Å². The number of aromatic nitrogens is 1. The van der Waals surface area contributed by atoms with Gasteiger partial charge in [-0.1, -0.05) is 32.1 Å². The lowest BCUT2D eigenvalue weighted by molar-refractivity contribution is -0.137. The molecule has 1 saturated carbocycles. The Morgan fingerprint density at radius 3 is 2.68 bits per heavy atom. The predicted molar refractivity (Wildman–Crippen MR) is 93.5 cm³/mol. The van der Waals surface area contributed by atoms with Crippen LogP contribution in [0.1, 0.15) is 45.6 Å². The molecule has 1 aromatic heterocycles. The molecule has 1 aromatic carbocycles. The summed E-state index contributed by atoms with van der Waals surface area (Å²) in [4.78, 5) is 16.7. The van der Waals surface area contributed by atoms with Crippen LogP contribution in [-0.4, -0.2) is 10.9 Å². The Balaban J connectivity index is 1.77. The SMILES string of the molecule is CC1CC(C(=O)Nc2nc3cc(C(F)(F)F)ccc3s2)CC(C)(C)C1. The molecule has 0 saturated heterocycles. The number of amides is 1. The number of halogens is 3. The molecule has 136 valence electrons. The van der Waals surface area contributed by atoms with Crippen LogP contribution in [0.25, 0.3) is 10.2 Å².